The number of aromatic hydroxyl groups is 2. The molecule has 3 aromatic rings. The molecule has 0 bridgehead atoms. The second-order valence-electron chi connectivity index (χ2n) is 4.69. The molecule has 2 heterocycles. The van der Waals surface area contributed by atoms with Gasteiger partial charge < -0.3 is 15.2 Å². The summed E-state index contributed by atoms with van der Waals surface area (Å²) in [4.78, 5) is 30.9. The lowest BCUT2D eigenvalue weighted by Crippen LogP contribution is -2.36. The van der Waals surface area contributed by atoms with E-state index in [0.29, 0.717) is 5.56 Å². The molecule has 1 aromatic carbocycles. The van der Waals surface area contributed by atoms with Gasteiger partial charge in [-0.1, -0.05) is 0 Å². The monoisotopic (exact) mass is 288 g/mol. The van der Waals surface area contributed by atoms with Gasteiger partial charge in [0, 0.05) is 20.2 Å². The van der Waals surface area contributed by atoms with E-state index >= 15 is 0 Å². The number of benzene rings is 1. The third-order valence-electron chi connectivity index (χ3n) is 3.33. The number of rotatable bonds is 1. The maximum absolute atomic E-state index is 12.1. The van der Waals surface area contributed by atoms with Crippen molar-refractivity contribution in [3.8, 4) is 22.9 Å². The van der Waals surface area contributed by atoms with Crippen molar-refractivity contribution < 1.29 is 10.2 Å². The van der Waals surface area contributed by atoms with Crippen LogP contribution in [0.1, 0.15) is 0 Å². The first-order valence-corrected chi connectivity index (χ1v) is 6.08. The Hall–Kier alpha value is -3.03. The number of nitrogens with zero attached hydrogens (tertiary/aromatic N) is 3. The molecular formula is C13H12N4O4. The molecule has 21 heavy (non-hydrogen) atoms. The highest BCUT2D eigenvalue weighted by atomic mass is 16.3. The van der Waals surface area contributed by atoms with Gasteiger partial charge in [-0.25, -0.2) is 9.78 Å². The lowest BCUT2D eigenvalue weighted by molar-refractivity contribution is 0.451. The molecule has 0 unspecified atom stereocenters. The number of aryl methyl sites for hydroxylation is 1. The number of H-pyrrole nitrogens is 1. The van der Waals surface area contributed by atoms with Crippen LogP contribution in [0.4, 0.5) is 0 Å². The fraction of sp³-hybridized carbons (Fsp3) is 0.154. The Labute approximate surface area is 117 Å². The van der Waals surface area contributed by atoms with Crippen LogP contribution in [-0.4, -0.2) is 29.3 Å². The number of aromatic nitrogens is 4. The van der Waals surface area contributed by atoms with E-state index < -0.39 is 11.2 Å². The maximum Gasteiger partial charge on any atom is 0.332 e. The minimum Gasteiger partial charge on any atom is -0.508 e. The standard InChI is InChI=1S/C13H12N4O4/c1-16-11-9(12(20)17(2)13(16)21)14-10(15-11)7-4-3-6(18)5-8(7)19/h3-5,18-19H,1-2H3,(H,14,15). The van der Waals surface area contributed by atoms with Crippen molar-refractivity contribution in [1.82, 2.24) is 19.1 Å². The first-order valence-electron chi connectivity index (χ1n) is 6.08. The first-order chi connectivity index (χ1) is 9.90. The van der Waals surface area contributed by atoms with Crippen molar-refractivity contribution in [2.75, 3.05) is 0 Å². The highest BCUT2D eigenvalue weighted by Crippen LogP contribution is 2.30. The Morgan fingerprint density at radius 2 is 1.86 bits per heavy atom. The van der Waals surface area contributed by atoms with Gasteiger partial charge in [0.25, 0.3) is 5.56 Å². The van der Waals surface area contributed by atoms with E-state index in [-0.39, 0.29) is 28.5 Å². The summed E-state index contributed by atoms with van der Waals surface area (Å²) in [5, 5.41) is 19.1. The second-order valence-corrected chi connectivity index (χ2v) is 4.69. The van der Waals surface area contributed by atoms with E-state index in [1.165, 1.54) is 36.9 Å². The lowest BCUT2D eigenvalue weighted by atomic mass is 10.2. The highest BCUT2D eigenvalue weighted by Gasteiger charge is 2.16. The van der Waals surface area contributed by atoms with E-state index in [9.17, 15) is 19.8 Å². The summed E-state index contributed by atoms with van der Waals surface area (Å²) in [6, 6.07) is 4.02. The molecule has 0 amide bonds. The average Bonchev–Trinajstić information content (AvgIpc) is 2.88. The topological polar surface area (TPSA) is 113 Å². The minimum atomic E-state index is -0.495. The minimum absolute atomic E-state index is 0.0873. The van der Waals surface area contributed by atoms with Gasteiger partial charge in [-0.3, -0.25) is 13.9 Å². The van der Waals surface area contributed by atoms with Crippen LogP contribution in [0, 0.1) is 0 Å². The third kappa shape index (κ3) is 1.80. The smallest absolute Gasteiger partial charge is 0.332 e. The van der Waals surface area contributed by atoms with Crippen LogP contribution in [0.5, 0.6) is 11.5 Å². The lowest BCUT2D eigenvalue weighted by Gasteiger charge is -2.01. The van der Waals surface area contributed by atoms with Crippen LogP contribution in [0.2, 0.25) is 0 Å². The summed E-state index contributed by atoms with van der Waals surface area (Å²) < 4.78 is 2.22. The molecule has 0 radical (unpaired) electrons. The van der Waals surface area contributed by atoms with Crippen LogP contribution in [0.3, 0.4) is 0 Å². The molecule has 0 saturated carbocycles. The third-order valence-corrected chi connectivity index (χ3v) is 3.33. The normalized spacial score (nSPS) is 11.1. The maximum atomic E-state index is 12.1. The fourth-order valence-corrected chi connectivity index (χ4v) is 2.17. The van der Waals surface area contributed by atoms with Crippen LogP contribution in [0.15, 0.2) is 27.8 Å². The molecule has 2 aromatic heterocycles. The van der Waals surface area contributed by atoms with Crippen molar-refractivity contribution in [2.24, 2.45) is 14.1 Å². The van der Waals surface area contributed by atoms with E-state index in [0.717, 1.165) is 4.57 Å². The Kier molecular flexibility index (Phi) is 2.62. The fourth-order valence-electron chi connectivity index (χ4n) is 2.17. The number of phenols is 2. The Morgan fingerprint density at radius 1 is 1.14 bits per heavy atom. The molecule has 3 rings (SSSR count). The Morgan fingerprint density at radius 3 is 2.52 bits per heavy atom. The number of aromatic amines is 1. The summed E-state index contributed by atoms with van der Waals surface area (Å²) in [5.41, 5.74) is -0.295. The molecule has 8 heteroatoms. The molecule has 0 atom stereocenters. The second kappa shape index (κ2) is 4.23. The molecule has 3 N–H and O–H groups in total. The molecule has 108 valence electrons. The van der Waals surface area contributed by atoms with Crippen LogP contribution < -0.4 is 11.2 Å². The van der Waals surface area contributed by atoms with Crippen molar-refractivity contribution in [3.63, 3.8) is 0 Å². The Bertz CT molecular complexity index is 980. The summed E-state index contributed by atoms with van der Waals surface area (Å²) in [6.07, 6.45) is 0. The largest absolute Gasteiger partial charge is 0.508 e. The number of imidazole rings is 1. The van der Waals surface area contributed by atoms with E-state index in [2.05, 4.69) is 9.97 Å². The van der Waals surface area contributed by atoms with Gasteiger partial charge in [0.1, 0.15) is 22.8 Å². The van der Waals surface area contributed by atoms with Crippen LogP contribution in [0.25, 0.3) is 22.6 Å². The zero-order valence-electron chi connectivity index (χ0n) is 11.3. The SMILES string of the molecule is Cn1c(=O)c2[nH]c(-c3ccc(O)cc3O)nc2n(C)c1=O. The van der Waals surface area contributed by atoms with Gasteiger partial charge in [0.05, 0.1) is 5.56 Å². The van der Waals surface area contributed by atoms with Crippen molar-refractivity contribution in [3.05, 3.63) is 39.0 Å². The molecule has 0 aliphatic carbocycles. The summed E-state index contributed by atoms with van der Waals surface area (Å²) in [6.45, 7) is 0. The molecule has 0 fully saturated rings. The Balaban J connectivity index is 2.37. The molecular weight excluding hydrogens is 276 g/mol. The van der Waals surface area contributed by atoms with Crippen LogP contribution >= 0.6 is 0 Å². The van der Waals surface area contributed by atoms with Gasteiger partial charge >= 0.3 is 5.69 Å². The summed E-state index contributed by atoms with van der Waals surface area (Å²) in [7, 11) is 2.88. The zero-order chi connectivity index (χ0) is 15.3. The summed E-state index contributed by atoms with van der Waals surface area (Å²) in [5.74, 6) is -0.0349. The predicted molar refractivity (Wildman–Crippen MR) is 75.3 cm³/mol. The molecule has 0 saturated heterocycles. The predicted octanol–water partition coefficient (Wildman–Crippen LogP) is 0.0385. The number of hydrogen-bond donors (Lipinski definition) is 3. The van der Waals surface area contributed by atoms with E-state index in [1.807, 2.05) is 0 Å². The molecule has 0 aliphatic heterocycles. The first kappa shape index (κ1) is 13.0. The zero-order valence-corrected chi connectivity index (χ0v) is 11.3. The quantitative estimate of drug-likeness (QED) is 0.585. The van der Waals surface area contributed by atoms with Gasteiger partial charge in [-0.2, -0.15) is 0 Å². The van der Waals surface area contributed by atoms with E-state index in [4.69, 9.17) is 0 Å². The van der Waals surface area contributed by atoms with Crippen molar-refractivity contribution in [2.45, 2.75) is 0 Å². The number of fused-ring (bicyclic) bond motifs is 1. The van der Waals surface area contributed by atoms with Gasteiger partial charge in [-0.05, 0) is 12.1 Å². The van der Waals surface area contributed by atoms with Crippen molar-refractivity contribution in [1.29, 1.82) is 0 Å². The van der Waals surface area contributed by atoms with Gasteiger partial charge in [0.2, 0.25) is 0 Å². The number of nitrogens with one attached hydrogen (secondary N) is 1. The van der Waals surface area contributed by atoms with Crippen LogP contribution in [-0.2, 0) is 14.1 Å². The summed E-state index contributed by atoms with van der Waals surface area (Å²) >= 11 is 0. The van der Waals surface area contributed by atoms with Gasteiger partial charge in [-0.15, -0.1) is 0 Å². The van der Waals surface area contributed by atoms with Crippen molar-refractivity contribution >= 4 is 11.2 Å². The highest BCUT2D eigenvalue weighted by molar-refractivity contribution is 5.77. The molecule has 8 nitrogen and oxygen atoms in total. The average molecular weight is 288 g/mol. The molecule has 0 aliphatic rings. The number of hydrogen-bond acceptors (Lipinski definition) is 5. The van der Waals surface area contributed by atoms with E-state index in [1.54, 1.807) is 0 Å². The molecule has 0 spiro atoms. The van der Waals surface area contributed by atoms with Gasteiger partial charge in [0.15, 0.2) is 5.65 Å². The number of phenolic OH excluding ortho intramolecular Hbond substituents is 2.